The number of nitrogens with zero attached hydrogens (tertiary/aromatic N) is 2. The monoisotopic (exact) mass is 475 g/mol. The van der Waals surface area contributed by atoms with Crippen molar-refractivity contribution in [3.05, 3.63) is 47.9 Å². The molecular weight excluding hydrogens is 442 g/mol. The predicted molar refractivity (Wildman–Crippen MR) is 125 cm³/mol. The molecule has 2 fully saturated rings. The fourth-order valence-corrected chi connectivity index (χ4v) is 6.23. The molecular formula is C24H33N3O5S. The third-order valence-corrected chi connectivity index (χ3v) is 8.42. The van der Waals surface area contributed by atoms with Gasteiger partial charge in [0.15, 0.2) is 0 Å². The van der Waals surface area contributed by atoms with E-state index in [1.54, 1.807) is 12.3 Å². The van der Waals surface area contributed by atoms with E-state index in [0.717, 1.165) is 57.4 Å². The van der Waals surface area contributed by atoms with Crippen LogP contribution in [0.25, 0.3) is 0 Å². The van der Waals surface area contributed by atoms with Gasteiger partial charge < -0.3 is 14.5 Å². The lowest BCUT2D eigenvalue weighted by Gasteiger charge is -2.26. The van der Waals surface area contributed by atoms with E-state index in [4.69, 9.17) is 9.15 Å². The topological polar surface area (TPSA) is 92.1 Å². The molecule has 180 valence electrons. The van der Waals surface area contributed by atoms with Crippen molar-refractivity contribution in [3.63, 3.8) is 0 Å². The Morgan fingerprint density at radius 2 is 1.76 bits per heavy atom. The SMILES string of the molecule is COc1ccc(S(=O)(=O)N2CCCCCC2)cc1C(=O)NCC(c1ccco1)N1CCCC1. The Kier molecular flexibility index (Phi) is 7.72. The van der Waals surface area contributed by atoms with E-state index >= 15 is 0 Å². The maximum atomic E-state index is 13.2. The summed E-state index contributed by atoms with van der Waals surface area (Å²) in [6.07, 6.45) is 7.66. The van der Waals surface area contributed by atoms with Crippen LogP contribution in [-0.4, -0.2) is 63.4 Å². The molecule has 0 aliphatic carbocycles. The molecule has 1 unspecified atom stereocenters. The second kappa shape index (κ2) is 10.7. The van der Waals surface area contributed by atoms with Crippen LogP contribution in [0, 0.1) is 0 Å². The molecule has 4 rings (SSSR count). The average Bonchev–Trinajstić information content (AvgIpc) is 3.49. The second-order valence-electron chi connectivity index (χ2n) is 8.66. The van der Waals surface area contributed by atoms with Gasteiger partial charge >= 0.3 is 0 Å². The molecule has 0 spiro atoms. The van der Waals surface area contributed by atoms with Crippen molar-refractivity contribution in [2.45, 2.75) is 49.5 Å². The fourth-order valence-electron chi connectivity index (χ4n) is 4.68. The number of hydrogen-bond acceptors (Lipinski definition) is 6. The Morgan fingerprint density at radius 3 is 2.39 bits per heavy atom. The number of methoxy groups -OCH3 is 1. The highest BCUT2D eigenvalue weighted by molar-refractivity contribution is 7.89. The molecule has 1 N–H and O–H groups in total. The average molecular weight is 476 g/mol. The van der Waals surface area contributed by atoms with Gasteiger partial charge in [-0.05, 0) is 69.1 Å². The zero-order valence-corrected chi connectivity index (χ0v) is 20.0. The van der Waals surface area contributed by atoms with E-state index in [-0.39, 0.29) is 22.4 Å². The summed E-state index contributed by atoms with van der Waals surface area (Å²) >= 11 is 0. The van der Waals surface area contributed by atoms with Crippen molar-refractivity contribution < 1.29 is 22.4 Å². The summed E-state index contributed by atoms with van der Waals surface area (Å²) in [6.45, 7) is 3.29. The molecule has 3 heterocycles. The van der Waals surface area contributed by atoms with Gasteiger partial charge in [-0.25, -0.2) is 8.42 Å². The van der Waals surface area contributed by atoms with E-state index in [1.165, 1.54) is 23.5 Å². The number of likely N-dealkylation sites (tertiary alicyclic amines) is 1. The summed E-state index contributed by atoms with van der Waals surface area (Å²) in [4.78, 5) is 15.6. The Bertz CT molecular complexity index is 1020. The number of ether oxygens (including phenoxy) is 1. The number of rotatable bonds is 8. The smallest absolute Gasteiger partial charge is 0.255 e. The number of nitrogens with one attached hydrogen (secondary N) is 1. The number of carbonyl (C=O) groups excluding carboxylic acids is 1. The lowest BCUT2D eigenvalue weighted by Crippen LogP contribution is -2.37. The number of carbonyl (C=O) groups is 1. The normalized spacial score (nSPS) is 19.2. The predicted octanol–water partition coefficient (Wildman–Crippen LogP) is 3.42. The zero-order valence-electron chi connectivity index (χ0n) is 19.2. The highest BCUT2D eigenvalue weighted by Gasteiger charge is 2.29. The molecule has 2 aromatic rings. The highest BCUT2D eigenvalue weighted by atomic mass is 32.2. The third-order valence-electron chi connectivity index (χ3n) is 6.53. The Labute approximate surface area is 195 Å². The molecule has 0 radical (unpaired) electrons. The molecule has 1 aromatic heterocycles. The van der Waals surface area contributed by atoms with Crippen molar-refractivity contribution >= 4 is 15.9 Å². The van der Waals surface area contributed by atoms with Crippen LogP contribution in [0.15, 0.2) is 45.9 Å². The van der Waals surface area contributed by atoms with Crippen molar-refractivity contribution in [2.75, 3.05) is 39.8 Å². The van der Waals surface area contributed by atoms with E-state index in [9.17, 15) is 13.2 Å². The molecule has 2 aliphatic rings. The van der Waals surface area contributed by atoms with Crippen LogP contribution in [-0.2, 0) is 10.0 Å². The van der Waals surface area contributed by atoms with Crippen LogP contribution in [0.2, 0.25) is 0 Å². The first-order chi connectivity index (χ1) is 16.0. The summed E-state index contributed by atoms with van der Waals surface area (Å²) in [5.41, 5.74) is 0.216. The molecule has 1 atom stereocenters. The molecule has 1 amide bonds. The van der Waals surface area contributed by atoms with Gasteiger partial charge in [-0.1, -0.05) is 12.8 Å². The number of hydrogen-bond donors (Lipinski definition) is 1. The van der Waals surface area contributed by atoms with Crippen LogP contribution >= 0.6 is 0 Å². The van der Waals surface area contributed by atoms with Gasteiger partial charge in [0.2, 0.25) is 10.0 Å². The summed E-state index contributed by atoms with van der Waals surface area (Å²) in [5, 5.41) is 2.98. The lowest BCUT2D eigenvalue weighted by atomic mass is 10.1. The fraction of sp³-hybridized carbons (Fsp3) is 0.542. The number of benzene rings is 1. The number of furan rings is 1. The van der Waals surface area contributed by atoms with Crippen molar-refractivity contribution in [2.24, 2.45) is 0 Å². The van der Waals surface area contributed by atoms with Crippen molar-refractivity contribution in [1.82, 2.24) is 14.5 Å². The van der Waals surface area contributed by atoms with Gasteiger partial charge in [0, 0.05) is 19.6 Å². The van der Waals surface area contributed by atoms with E-state index in [1.807, 2.05) is 12.1 Å². The molecule has 2 aliphatic heterocycles. The van der Waals surface area contributed by atoms with Crippen molar-refractivity contribution in [1.29, 1.82) is 0 Å². The first-order valence-corrected chi connectivity index (χ1v) is 13.2. The standard InChI is InChI=1S/C24H33N3O5S/c1-31-22-11-10-19(33(29,30)27-14-4-2-3-5-15-27)17-20(22)24(28)25-18-21(23-9-8-16-32-23)26-12-6-7-13-26/h8-11,16-17,21H,2-7,12-15,18H2,1H3,(H,25,28). The zero-order chi connectivity index (χ0) is 23.3. The third kappa shape index (κ3) is 5.42. The number of amides is 1. The summed E-state index contributed by atoms with van der Waals surface area (Å²) in [7, 11) is -2.19. The quantitative estimate of drug-likeness (QED) is 0.629. The van der Waals surface area contributed by atoms with Gasteiger partial charge in [-0.3, -0.25) is 9.69 Å². The molecule has 9 heteroatoms. The summed E-state index contributed by atoms with van der Waals surface area (Å²) < 4.78 is 39.0. The lowest BCUT2D eigenvalue weighted by molar-refractivity contribution is 0.0930. The van der Waals surface area contributed by atoms with Gasteiger partial charge in [0.05, 0.1) is 29.9 Å². The Morgan fingerprint density at radius 1 is 1.06 bits per heavy atom. The van der Waals surface area contributed by atoms with Crippen LogP contribution in [0.4, 0.5) is 0 Å². The maximum absolute atomic E-state index is 13.2. The van der Waals surface area contributed by atoms with E-state index in [0.29, 0.717) is 25.4 Å². The number of sulfonamides is 1. The van der Waals surface area contributed by atoms with E-state index < -0.39 is 10.0 Å². The highest BCUT2D eigenvalue weighted by Crippen LogP contribution is 2.28. The Hall–Kier alpha value is -2.36. The molecule has 8 nitrogen and oxygen atoms in total. The van der Waals surface area contributed by atoms with Crippen LogP contribution < -0.4 is 10.1 Å². The first-order valence-electron chi connectivity index (χ1n) is 11.7. The van der Waals surface area contributed by atoms with Crippen LogP contribution in [0.3, 0.4) is 0 Å². The summed E-state index contributed by atoms with van der Waals surface area (Å²) in [6, 6.07) is 8.22. The minimum Gasteiger partial charge on any atom is -0.496 e. The molecule has 1 aromatic carbocycles. The van der Waals surface area contributed by atoms with Gasteiger partial charge in [-0.15, -0.1) is 0 Å². The minimum absolute atomic E-state index is 0.0681. The second-order valence-corrected chi connectivity index (χ2v) is 10.6. The first kappa shape index (κ1) is 23.8. The molecule has 2 saturated heterocycles. The van der Waals surface area contributed by atoms with E-state index in [2.05, 4.69) is 10.2 Å². The van der Waals surface area contributed by atoms with Crippen molar-refractivity contribution in [3.8, 4) is 5.75 Å². The van der Waals surface area contributed by atoms with Gasteiger partial charge in [0.25, 0.3) is 5.91 Å². The molecule has 33 heavy (non-hydrogen) atoms. The van der Waals surface area contributed by atoms with Crippen LogP contribution in [0.1, 0.15) is 60.7 Å². The molecule has 0 saturated carbocycles. The molecule has 0 bridgehead atoms. The summed E-state index contributed by atoms with van der Waals surface area (Å²) in [5.74, 6) is 0.787. The van der Waals surface area contributed by atoms with Gasteiger partial charge in [-0.2, -0.15) is 4.31 Å². The minimum atomic E-state index is -3.67. The van der Waals surface area contributed by atoms with Gasteiger partial charge in [0.1, 0.15) is 11.5 Å². The largest absolute Gasteiger partial charge is 0.496 e. The maximum Gasteiger partial charge on any atom is 0.255 e. The Balaban J connectivity index is 1.54. The van der Waals surface area contributed by atoms with Crippen LogP contribution in [0.5, 0.6) is 5.75 Å².